The molecule has 0 aromatic carbocycles. The number of nitrogens with zero attached hydrogens (tertiary/aromatic N) is 1. The molecule has 1 rings (SSSR count). The first-order chi connectivity index (χ1) is 5.74. The van der Waals surface area contributed by atoms with Crippen LogP contribution in [0.25, 0.3) is 0 Å². The molecule has 1 aromatic rings. The molecular formula is C8H13BrClN3. The lowest BCUT2D eigenvalue weighted by Gasteiger charge is -2.09. The lowest BCUT2D eigenvalue weighted by atomic mass is 10.1. The minimum Gasteiger partial charge on any atom is -0.330 e. The van der Waals surface area contributed by atoms with Crippen LogP contribution in [0, 0.1) is 0 Å². The summed E-state index contributed by atoms with van der Waals surface area (Å²) in [6, 6.07) is 3.85. The van der Waals surface area contributed by atoms with Crippen molar-refractivity contribution in [1.29, 1.82) is 0 Å². The van der Waals surface area contributed by atoms with Gasteiger partial charge in [0.1, 0.15) is 4.60 Å². The second-order valence-corrected chi connectivity index (χ2v) is 3.41. The molecule has 5 heteroatoms. The van der Waals surface area contributed by atoms with Gasteiger partial charge in [-0.25, -0.2) is 4.98 Å². The molecule has 0 fully saturated rings. The predicted octanol–water partition coefficient (Wildman–Crippen LogP) is 1.61. The number of hydrogen-bond acceptors (Lipinski definition) is 3. The molecule has 1 atom stereocenters. The average Bonchev–Trinajstić information content (AvgIpc) is 2.05. The lowest BCUT2D eigenvalue weighted by molar-refractivity contribution is 0.660. The van der Waals surface area contributed by atoms with E-state index in [-0.39, 0.29) is 18.4 Å². The Morgan fingerprint density at radius 2 is 2.23 bits per heavy atom. The van der Waals surface area contributed by atoms with Crippen LogP contribution in [0.5, 0.6) is 0 Å². The van der Waals surface area contributed by atoms with Crippen LogP contribution in [-0.4, -0.2) is 11.5 Å². The summed E-state index contributed by atoms with van der Waals surface area (Å²) in [5, 5.41) is 0. The monoisotopic (exact) mass is 265 g/mol. The molecule has 0 aliphatic rings. The van der Waals surface area contributed by atoms with Crippen molar-refractivity contribution in [3.05, 3.63) is 28.5 Å². The molecule has 1 aromatic heterocycles. The lowest BCUT2D eigenvalue weighted by Crippen LogP contribution is -2.15. The molecule has 13 heavy (non-hydrogen) atoms. The van der Waals surface area contributed by atoms with Gasteiger partial charge in [-0.2, -0.15) is 0 Å². The molecule has 0 saturated heterocycles. The van der Waals surface area contributed by atoms with Crippen LogP contribution in [0.15, 0.2) is 22.9 Å². The Hall–Kier alpha value is -0.160. The Balaban J connectivity index is 0.00000144. The van der Waals surface area contributed by atoms with Gasteiger partial charge in [0.2, 0.25) is 0 Å². The third-order valence-electron chi connectivity index (χ3n) is 1.66. The molecular weight excluding hydrogens is 253 g/mol. The van der Waals surface area contributed by atoms with Crippen LogP contribution < -0.4 is 11.5 Å². The zero-order chi connectivity index (χ0) is 8.97. The normalized spacial score (nSPS) is 11.9. The number of hydrogen-bond donors (Lipinski definition) is 2. The second kappa shape index (κ2) is 6.32. The minimum absolute atomic E-state index is 0. The van der Waals surface area contributed by atoms with Crippen molar-refractivity contribution >= 4 is 28.3 Å². The van der Waals surface area contributed by atoms with Gasteiger partial charge in [0.15, 0.2) is 0 Å². The van der Waals surface area contributed by atoms with E-state index in [9.17, 15) is 0 Å². The molecule has 4 N–H and O–H groups in total. The summed E-state index contributed by atoms with van der Waals surface area (Å²) in [4.78, 5) is 4.01. The zero-order valence-electron chi connectivity index (χ0n) is 7.11. The molecule has 0 aliphatic heterocycles. The van der Waals surface area contributed by atoms with Crippen molar-refractivity contribution in [1.82, 2.24) is 4.98 Å². The summed E-state index contributed by atoms with van der Waals surface area (Å²) in [5.74, 6) is 0. The molecule has 0 aliphatic carbocycles. The molecule has 0 amide bonds. The topological polar surface area (TPSA) is 64.9 Å². The van der Waals surface area contributed by atoms with Crippen molar-refractivity contribution in [2.24, 2.45) is 11.5 Å². The van der Waals surface area contributed by atoms with Gasteiger partial charge in [-0.05, 0) is 46.6 Å². The van der Waals surface area contributed by atoms with Gasteiger partial charge in [0.25, 0.3) is 0 Å². The Kier molecular flexibility index (Phi) is 6.24. The SMILES string of the molecule is Cl.NCC[C@H](N)c1ccnc(Br)c1. The van der Waals surface area contributed by atoms with Gasteiger partial charge >= 0.3 is 0 Å². The van der Waals surface area contributed by atoms with Crippen LogP contribution >= 0.6 is 28.3 Å². The highest BCUT2D eigenvalue weighted by Crippen LogP contribution is 2.15. The minimum atomic E-state index is 0. The first kappa shape index (κ1) is 12.8. The van der Waals surface area contributed by atoms with E-state index in [2.05, 4.69) is 20.9 Å². The van der Waals surface area contributed by atoms with Gasteiger partial charge in [-0.15, -0.1) is 12.4 Å². The summed E-state index contributed by atoms with van der Waals surface area (Å²) in [5.41, 5.74) is 12.3. The average molecular weight is 267 g/mol. The van der Waals surface area contributed by atoms with Crippen molar-refractivity contribution in [2.75, 3.05) is 6.54 Å². The van der Waals surface area contributed by atoms with Crippen LogP contribution in [0.1, 0.15) is 18.0 Å². The molecule has 1 heterocycles. The summed E-state index contributed by atoms with van der Waals surface area (Å²) >= 11 is 3.28. The molecule has 74 valence electrons. The van der Waals surface area contributed by atoms with Crippen LogP contribution in [0.3, 0.4) is 0 Å². The number of rotatable bonds is 3. The number of nitrogens with two attached hydrogens (primary N) is 2. The third-order valence-corrected chi connectivity index (χ3v) is 2.09. The molecule has 0 bridgehead atoms. The fraction of sp³-hybridized carbons (Fsp3) is 0.375. The highest BCUT2D eigenvalue weighted by atomic mass is 79.9. The molecule has 0 saturated carbocycles. The van der Waals surface area contributed by atoms with Crippen LogP contribution in [-0.2, 0) is 0 Å². The largest absolute Gasteiger partial charge is 0.330 e. The van der Waals surface area contributed by atoms with E-state index in [1.165, 1.54) is 0 Å². The first-order valence-corrected chi connectivity index (χ1v) is 4.60. The van der Waals surface area contributed by atoms with Gasteiger partial charge in [0, 0.05) is 12.2 Å². The van der Waals surface area contributed by atoms with Crippen molar-refractivity contribution in [3.63, 3.8) is 0 Å². The maximum Gasteiger partial charge on any atom is 0.106 e. The van der Waals surface area contributed by atoms with Crippen LogP contribution in [0.2, 0.25) is 0 Å². The van der Waals surface area contributed by atoms with E-state index < -0.39 is 0 Å². The number of pyridine rings is 1. The maximum absolute atomic E-state index is 5.85. The van der Waals surface area contributed by atoms with Gasteiger partial charge in [-0.3, -0.25) is 0 Å². The molecule has 0 spiro atoms. The highest BCUT2D eigenvalue weighted by Gasteiger charge is 2.04. The van der Waals surface area contributed by atoms with Crippen molar-refractivity contribution < 1.29 is 0 Å². The Morgan fingerprint density at radius 1 is 1.54 bits per heavy atom. The van der Waals surface area contributed by atoms with Gasteiger partial charge < -0.3 is 11.5 Å². The maximum atomic E-state index is 5.85. The number of halogens is 2. The quantitative estimate of drug-likeness (QED) is 0.817. The fourth-order valence-electron chi connectivity index (χ4n) is 0.994. The Morgan fingerprint density at radius 3 is 2.77 bits per heavy atom. The molecule has 3 nitrogen and oxygen atoms in total. The fourth-order valence-corrected chi connectivity index (χ4v) is 1.38. The Labute approximate surface area is 92.4 Å². The van der Waals surface area contributed by atoms with Crippen LogP contribution in [0.4, 0.5) is 0 Å². The van der Waals surface area contributed by atoms with E-state index in [0.717, 1.165) is 16.6 Å². The summed E-state index contributed by atoms with van der Waals surface area (Å²) < 4.78 is 0.812. The Bertz CT molecular complexity index is 257. The molecule has 0 radical (unpaired) electrons. The van der Waals surface area contributed by atoms with E-state index in [0.29, 0.717) is 6.54 Å². The summed E-state index contributed by atoms with van der Waals surface area (Å²) in [7, 11) is 0. The van der Waals surface area contributed by atoms with Gasteiger partial charge in [0.05, 0.1) is 0 Å². The summed E-state index contributed by atoms with van der Waals surface area (Å²) in [6.07, 6.45) is 2.53. The zero-order valence-corrected chi connectivity index (χ0v) is 9.51. The van der Waals surface area contributed by atoms with Crippen molar-refractivity contribution in [3.8, 4) is 0 Å². The number of aromatic nitrogens is 1. The van der Waals surface area contributed by atoms with Crippen molar-refractivity contribution in [2.45, 2.75) is 12.5 Å². The predicted molar refractivity (Wildman–Crippen MR) is 59.8 cm³/mol. The third kappa shape index (κ3) is 4.04. The van der Waals surface area contributed by atoms with E-state index in [1.807, 2.05) is 12.1 Å². The smallest absolute Gasteiger partial charge is 0.106 e. The van der Waals surface area contributed by atoms with E-state index in [4.69, 9.17) is 11.5 Å². The summed E-state index contributed by atoms with van der Waals surface area (Å²) in [6.45, 7) is 0.612. The standard InChI is InChI=1S/C8H12BrN3.ClH/c9-8-5-6(2-4-12-8)7(11)1-3-10;/h2,4-5,7H,1,3,10-11H2;1H/t7-;/m0./s1. The van der Waals surface area contributed by atoms with E-state index in [1.54, 1.807) is 6.20 Å². The van der Waals surface area contributed by atoms with E-state index >= 15 is 0 Å². The first-order valence-electron chi connectivity index (χ1n) is 3.81. The highest BCUT2D eigenvalue weighted by molar-refractivity contribution is 9.10. The molecule has 0 unspecified atom stereocenters. The second-order valence-electron chi connectivity index (χ2n) is 2.60. The van der Waals surface area contributed by atoms with Gasteiger partial charge in [-0.1, -0.05) is 0 Å².